The van der Waals surface area contributed by atoms with Gasteiger partial charge in [0.2, 0.25) is 0 Å². The number of hydrogen-bond acceptors (Lipinski definition) is 4. The van der Waals surface area contributed by atoms with Crippen molar-refractivity contribution >= 4 is 0 Å². The Morgan fingerprint density at radius 1 is 0.870 bits per heavy atom. The highest BCUT2D eigenvalue weighted by Gasteiger charge is 2.48. The van der Waals surface area contributed by atoms with Gasteiger partial charge in [0.15, 0.2) is 0 Å². The summed E-state index contributed by atoms with van der Waals surface area (Å²) in [7, 11) is 1.68. The van der Waals surface area contributed by atoms with Crippen molar-refractivity contribution in [1.82, 2.24) is 0 Å². The van der Waals surface area contributed by atoms with E-state index in [4.69, 9.17) is 18.9 Å². The molecule has 0 spiro atoms. The quantitative estimate of drug-likeness (QED) is 0.356. The lowest BCUT2D eigenvalue weighted by Gasteiger charge is -2.31. The van der Waals surface area contributed by atoms with Crippen LogP contribution in [0.15, 0.2) is 0 Å². The lowest BCUT2D eigenvalue weighted by atomic mass is 9.87. The van der Waals surface area contributed by atoms with Crippen LogP contribution in [0.5, 0.6) is 0 Å². The Morgan fingerprint density at radius 2 is 1.70 bits per heavy atom. The zero-order valence-electron chi connectivity index (χ0n) is 15.1. The van der Waals surface area contributed by atoms with Crippen LogP contribution in [0, 0.1) is 17.8 Å². The normalized spacial score (nSPS) is 29.5. The van der Waals surface area contributed by atoms with Crippen molar-refractivity contribution in [3.05, 3.63) is 0 Å². The SMILES string of the molecule is CCCCCCCO[C@@H]1[C@@H]2CC[C@@H](C2)[C@@H]1COCOCCOC. The van der Waals surface area contributed by atoms with Gasteiger partial charge in [-0.15, -0.1) is 0 Å². The smallest absolute Gasteiger partial charge is 0.146 e. The van der Waals surface area contributed by atoms with E-state index in [1.807, 2.05) is 0 Å². The monoisotopic (exact) mass is 328 g/mol. The van der Waals surface area contributed by atoms with E-state index in [0.29, 0.717) is 32.0 Å². The van der Waals surface area contributed by atoms with Crippen LogP contribution < -0.4 is 0 Å². The van der Waals surface area contributed by atoms with Crippen molar-refractivity contribution in [3.8, 4) is 0 Å². The largest absolute Gasteiger partial charge is 0.382 e. The standard InChI is InChI=1S/C19H36O4/c1-3-4-5-6-7-10-23-19-17-9-8-16(13-17)18(19)14-22-15-21-12-11-20-2/h16-19H,3-15H2,1-2H3/t16-,17+,18-,19+/m0/s1. The van der Waals surface area contributed by atoms with E-state index in [1.165, 1.54) is 51.4 Å². The van der Waals surface area contributed by atoms with Crippen molar-refractivity contribution in [2.45, 2.75) is 64.4 Å². The molecule has 0 N–H and O–H groups in total. The first kappa shape index (κ1) is 19.2. The molecule has 0 aromatic heterocycles. The highest BCUT2D eigenvalue weighted by Crippen LogP contribution is 2.50. The molecule has 4 nitrogen and oxygen atoms in total. The van der Waals surface area contributed by atoms with Crippen LogP contribution in [-0.4, -0.2) is 46.4 Å². The van der Waals surface area contributed by atoms with Gasteiger partial charge in [-0.1, -0.05) is 32.6 Å². The molecular weight excluding hydrogens is 292 g/mol. The van der Waals surface area contributed by atoms with E-state index < -0.39 is 0 Å². The molecule has 23 heavy (non-hydrogen) atoms. The average molecular weight is 328 g/mol. The van der Waals surface area contributed by atoms with E-state index in [9.17, 15) is 0 Å². The Morgan fingerprint density at radius 3 is 2.52 bits per heavy atom. The molecule has 2 saturated carbocycles. The van der Waals surface area contributed by atoms with Crippen LogP contribution in [0.3, 0.4) is 0 Å². The molecule has 4 atom stereocenters. The van der Waals surface area contributed by atoms with Gasteiger partial charge in [0.1, 0.15) is 6.79 Å². The summed E-state index contributed by atoms with van der Waals surface area (Å²) < 4.78 is 22.4. The zero-order valence-corrected chi connectivity index (χ0v) is 15.1. The molecule has 2 fully saturated rings. The van der Waals surface area contributed by atoms with Gasteiger partial charge in [0, 0.05) is 19.6 Å². The summed E-state index contributed by atoms with van der Waals surface area (Å²) in [6.07, 6.45) is 11.0. The summed E-state index contributed by atoms with van der Waals surface area (Å²) >= 11 is 0. The Labute approximate surface area is 142 Å². The average Bonchev–Trinajstić information content (AvgIpc) is 3.16. The predicted octanol–water partition coefficient (Wildman–Crippen LogP) is 4.03. The Kier molecular flexibility index (Phi) is 9.50. The molecule has 0 aromatic carbocycles. The molecule has 0 saturated heterocycles. The summed E-state index contributed by atoms with van der Waals surface area (Å²) in [6, 6.07) is 0. The van der Waals surface area contributed by atoms with Crippen LogP contribution in [0.1, 0.15) is 58.3 Å². The van der Waals surface area contributed by atoms with E-state index >= 15 is 0 Å². The minimum atomic E-state index is 0.376. The maximum absolute atomic E-state index is 6.28. The number of unbranched alkanes of at least 4 members (excludes halogenated alkanes) is 4. The second kappa shape index (κ2) is 11.4. The van der Waals surface area contributed by atoms with Gasteiger partial charge in [-0.25, -0.2) is 0 Å². The van der Waals surface area contributed by atoms with Gasteiger partial charge in [-0.05, 0) is 37.5 Å². The van der Waals surface area contributed by atoms with Crippen molar-refractivity contribution in [1.29, 1.82) is 0 Å². The van der Waals surface area contributed by atoms with Gasteiger partial charge in [-0.2, -0.15) is 0 Å². The lowest BCUT2D eigenvalue weighted by molar-refractivity contribution is -0.103. The maximum Gasteiger partial charge on any atom is 0.146 e. The first-order valence-electron chi connectivity index (χ1n) is 9.62. The number of rotatable bonds is 14. The van der Waals surface area contributed by atoms with E-state index in [1.54, 1.807) is 7.11 Å². The number of methoxy groups -OCH3 is 1. The molecule has 0 heterocycles. The van der Waals surface area contributed by atoms with Gasteiger partial charge in [0.25, 0.3) is 0 Å². The van der Waals surface area contributed by atoms with E-state index in [0.717, 1.165) is 25.0 Å². The zero-order chi connectivity index (χ0) is 16.3. The third kappa shape index (κ3) is 6.33. The molecule has 4 heteroatoms. The summed E-state index contributed by atoms with van der Waals surface area (Å²) in [5.41, 5.74) is 0. The molecule has 0 aliphatic heterocycles. The van der Waals surface area contributed by atoms with Crippen LogP contribution >= 0.6 is 0 Å². The summed E-state index contributed by atoms with van der Waals surface area (Å²) in [4.78, 5) is 0. The maximum atomic E-state index is 6.28. The van der Waals surface area contributed by atoms with Gasteiger partial charge >= 0.3 is 0 Å². The second-order valence-electron chi connectivity index (χ2n) is 7.14. The molecular formula is C19H36O4. The molecule has 2 aliphatic rings. The molecule has 0 amide bonds. The van der Waals surface area contributed by atoms with Gasteiger partial charge in [0.05, 0.1) is 25.9 Å². The highest BCUT2D eigenvalue weighted by molar-refractivity contribution is 4.97. The molecule has 0 aromatic rings. The van der Waals surface area contributed by atoms with Gasteiger partial charge < -0.3 is 18.9 Å². The van der Waals surface area contributed by atoms with Crippen molar-refractivity contribution in [2.75, 3.05) is 40.3 Å². The molecule has 136 valence electrons. The fraction of sp³-hybridized carbons (Fsp3) is 1.00. The topological polar surface area (TPSA) is 36.9 Å². The van der Waals surface area contributed by atoms with Crippen LogP contribution in [0.25, 0.3) is 0 Å². The third-order valence-corrected chi connectivity index (χ3v) is 5.47. The van der Waals surface area contributed by atoms with E-state index in [2.05, 4.69) is 6.92 Å². The summed E-state index contributed by atoms with van der Waals surface area (Å²) in [5.74, 6) is 2.16. The first-order valence-corrected chi connectivity index (χ1v) is 9.62. The van der Waals surface area contributed by atoms with Crippen LogP contribution in [0.4, 0.5) is 0 Å². The Balaban J connectivity index is 1.60. The lowest BCUT2D eigenvalue weighted by Crippen LogP contribution is -2.34. The second-order valence-corrected chi connectivity index (χ2v) is 7.14. The summed E-state index contributed by atoms with van der Waals surface area (Å²) in [6.45, 7) is 5.58. The van der Waals surface area contributed by atoms with Crippen LogP contribution in [-0.2, 0) is 18.9 Å². The molecule has 0 radical (unpaired) electrons. The van der Waals surface area contributed by atoms with Crippen molar-refractivity contribution in [3.63, 3.8) is 0 Å². The van der Waals surface area contributed by atoms with E-state index in [-0.39, 0.29) is 0 Å². The number of fused-ring (bicyclic) bond motifs is 2. The Bertz CT molecular complexity index is 269. The van der Waals surface area contributed by atoms with Gasteiger partial charge in [-0.3, -0.25) is 0 Å². The number of ether oxygens (including phenoxy) is 4. The molecule has 0 unspecified atom stereocenters. The predicted molar refractivity (Wildman–Crippen MR) is 91.5 cm³/mol. The Hall–Kier alpha value is -0.160. The third-order valence-electron chi connectivity index (χ3n) is 5.47. The molecule has 2 rings (SSSR count). The minimum Gasteiger partial charge on any atom is -0.382 e. The first-order chi connectivity index (χ1) is 11.4. The number of hydrogen-bond donors (Lipinski definition) is 0. The van der Waals surface area contributed by atoms with Crippen LogP contribution in [0.2, 0.25) is 0 Å². The minimum absolute atomic E-state index is 0.376. The fourth-order valence-electron chi connectivity index (χ4n) is 4.22. The summed E-state index contributed by atoms with van der Waals surface area (Å²) in [5, 5.41) is 0. The molecule has 2 bridgehead atoms. The van der Waals surface area contributed by atoms with Crippen molar-refractivity contribution < 1.29 is 18.9 Å². The molecule has 2 aliphatic carbocycles. The van der Waals surface area contributed by atoms with Crippen molar-refractivity contribution in [2.24, 2.45) is 17.8 Å². The fourth-order valence-corrected chi connectivity index (χ4v) is 4.22. The highest BCUT2D eigenvalue weighted by atomic mass is 16.7.